The number of amides is 2. The van der Waals surface area contributed by atoms with Crippen LogP contribution in [0.1, 0.15) is 205 Å². The van der Waals surface area contributed by atoms with E-state index < -0.39 is 47.5 Å². The van der Waals surface area contributed by atoms with Gasteiger partial charge in [0.25, 0.3) is 11.8 Å². The molecule has 2 amide bonds. The van der Waals surface area contributed by atoms with Crippen LogP contribution in [0.15, 0.2) is 49.6 Å². The van der Waals surface area contributed by atoms with Crippen molar-refractivity contribution in [2.45, 2.75) is 157 Å². The van der Waals surface area contributed by atoms with Gasteiger partial charge in [0.2, 0.25) is 0 Å². The Kier molecular flexibility index (Phi) is 20.8. The first-order valence-electron chi connectivity index (χ1n) is 33.1. The molecule has 0 spiro atoms. The number of rotatable bonds is 21. The highest BCUT2D eigenvalue weighted by molar-refractivity contribution is 6.28. The molecule has 0 unspecified atom stereocenters. The van der Waals surface area contributed by atoms with E-state index in [2.05, 4.69) is 83.6 Å². The average Bonchev–Trinajstić information content (AvgIpc) is 1.61. The maximum atomic E-state index is 15.1. The first kappa shape index (κ1) is 68.9. The molecular formula is C76H88N10O10. The van der Waals surface area contributed by atoms with E-state index >= 15 is 9.59 Å². The Morgan fingerprint density at radius 2 is 0.823 bits per heavy atom. The Morgan fingerprint density at radius 1 is 0.469 bits per heavy atom. The highest BCUT2D eigenvalue weighted by atomic mass is 16.5. The second-order valence-electron chi connectivity index (χ2n) is 25.3. The number of ether oxygens (including phenoxy) is 4. The van der Waals surface area contributed by atoms with Crippen molar-refractivity contribution in [3.8, 4) is 0 Å². The molecule has 4 atom stereocenters. The van der Waals surface area contributed by atoms with Crippen LogP contribution in [0.5, 0.6) is 0 Å². The summed E-state index contributed by atoms with van der Waals surface area (Å²) in [6.07, 6.45) is 6.21. The molecule has 0 radical (unpaired) electrons. The number of hydrogen-bond donors (Lipinski definition) is 6. The van der Waals surface area contributed by atoms with E-state index in [4.69, 9.17) is 38.9 Å². The number of aromatic amines is 4. The molecule has 20 heteroatoms. The maximum Gasteiger partial charge on any atom is 0.310 e. The Morgan fingerprint density at radius 3 is 1.17 bits per heavy atom. The summed E-state index contributed by atoms with van der Waals surface area (Å²) in [5.41, 5.74) is 21.4. The first-order chi connectivity index (χ1) is 46.0. The van der Waals surface area contributed by atoms with Crippen molar-refractivity contribution >= 4 is 114 Å². The van der Waals surface area contributed by atoms with Crippen molar-refractivity contribution in [2.24, 2.45) is 0 Å². The molecule has 502 valence electrons. The van der Waals surface area contributed by atoms with Crippen molar-refractivity contribution in [1.82, 2.24) is 50.5 Å². The number of aromatic nitrogens is 8. The summed E-state index contributed by atoms with van der Waals surface area (Å²) in [6.45, 7) is 28.9. The molecule has 6 N–H and O–H groups in total. The van der Waals surface area contributed by atoms with Crippen LogP contribution in [0.25, 0.3) is 78.6 Å². The quantitative estimate of drug-likeness (QED) is 0.0222. The van der Waals surface area contributed by atoms with Gasteiger partial charge in [-0.25, -0.2) is 9.97 Å². The molecule has 0 aliphatic carbocycles. The zero-order chi connectivity index (χ0) is 69.1. The number of carbonyl (C=O) groups is 6. The van der Waals surface area contributed by atoms with Gasteiger partial charge >= 0.3 is 23.9 Å². The van der Waals surface area contributed by atoms with Crippen LogP contribution in [-0.2, 0) is 73.4 Å². The van der Waals surface area contributed by atoms with Gasteiger partial charge in [0.15, 0.2) is 0 Å². The highest BCUT2D eigenvalue weighted by Crippen LogP contribution is 2.46. The SMILES string of the molecule is C=Cc1c(C)c2cc3nc(c(CC(=O)OC)c4nc(cc5[nH]c(cc1[nH]2)c(C)c5CC)C(C)=C4C(=O)NCCCCNC(=O)C1=C(C)c2cc4[nH]c(cc5[nH]c(cc6nc(c(CC(=O)OC)c1n2)[C@@H](CCC(=O)OC)[C@@H]6C)c(C)c5C=C)c(C)c4CC)[C@@H](CCC(=O)OC)[C@@H]3C. The number of nitrogens with one attached hydrogen (secondary N) is 6. The highest BCUT2D eigenvalue weighted by Gasteiger charge is 2.38. The van der Waals surface area contributed by atoms with Crippen molar-refractivity contribution in [1.29, 1.82) is 0 Å². The third-order valence-corrected chi connectivity index (χ3v) is 20.0. The molecule has 0 saturated heterocycles. The van der Waals surface area contributed by atoms with Crippen LogP contribution in [0.3, 0.4) is 0 Å². The Balaban J connectivity index is 1.02. The van der Waals surface area contributed by atoms with Crippen LogP contribution < -0.4 is 10.6 Å². The van der Waals surface area contributed by atoms with E-state index in [9.17, 15) is 19.2 Å². The van der Waals surface area contributed by atoms with Crippen molar-refractivity contribution < 1.29 is 47.7 Å². The van der Waals surface area contributed by atoms with Gasteiger partial charge in [0.1, 0.15) is 0 Å². The minimum Gasteiger partial charge on any atom is -0.469 e. The van der Waals surface area contributed by atoms with Crippen molar-refractivity contribution in [3.63, 3.8) is 0 Å². The van der Waals surface area contributed by atoms with E-state index in [0.717, 1.165) is 88.6 Å². The van der Waals surface area contributed by atoms with Gasteiger partial charge in [-0.3, -0.25) is 38.7 Å². The van der Waals surface area contributed by atoms with Crippen molar-refractivity contribution in [2.75, 3.05) is 41.5 Å². The molecular weight excluding hydrogens is 1210 g/mol. The Labute approximate surface area is 559 Å². The standard InChI is InChI=1S/C76H88N10O10/c1-17-45-37(5)53-31-57-41(9)49(23-25-65(87)93-13)71(83-57)51(29-67(89)95-15)73-69(43(11)59(85-73)35-63-47(19-3)39(7)55(81-63)33-61(45)79-53)75(91)77-27-21-22-28-78-76(92)70-44(12)60-36-64-48(20-4)40(8)56(82-64)34-62-46(18-2)38(6)54(80-62)32-58-42(10)50(24-26-66(88)94-14)72(84-58)52(74(70)86-60)30-68(90)96-16/h17-18,31-36,41-42,49-50,79-82H,1-2,19-30H2,3-16H3,(H,77,91)(H,78,92)/t41-,42-,49-,50-/m0/s1. The minimum atomic E-state index is -0.564. The molecule has 0 fully saturated rings. The Hall–Kier alpha value is -9.98. The number of esters is 4. The number of aryl methyl sites for hydroxylation is 6. The fourth-order valence-electron chi connectivity index (χ4n) is 14.2. The number of unbranched alkanes of at least 4 members (excludes halogenated alkanes) is 1. The van der Waals surface area contributed by atoms with Gasteiger partial charge in [0.05, 0.1) is 86.6 Å². The number of hydrogen-bond acceptors (Lipinski definition) is 14. The predicted octanol–water partition coefficient (Wildman–Crippen LogP) is 13.3. The molecule has 20 nitrogen and oxygen atoms in total. The third-order valence-electron chi connectivity index (χ3n) is 20.0. The molecule has 6 aromatic rings. The minimum absolute atomic E-state index is 0.0759. The van der Waals surface area contributed by atoms with Gasteiger partial charge in [-0.2, -0.15) is 0 Å². The molecule has 10 rings (SSSR count). The molecule has 4 aliphatic rings. The summed E-state index contributed by atoms with van der Waals surface area (Å²) in [6, 6.07) is 12.1. The molecule has 6 aromatic heterocycles. The third kappa shape index (κ3) is 13.3. The second kappa shape index (κ2) is 28.9. The summed E-state index contributed by atoms with van der Waals surface area (Å²) < 4.78 is 20.9. The topological polar surface area (TPSA) is 278 Å². The first-order valence-corrected chi connectivity index (χ1v) is 33.1. The van der Waals surface area contributed by atoms with Gasteiger partial charge in [-0.15, -0.1) is 0 Å². The van der Waals surface area contributed by atoms with E-state index in [-0.39, 0.29) is 73.1 Å². The van der Waals surface area contributed by atoms with Crippen LogP contribution in [0.4, 0.5) is 0 Å². The van der Waals surface area contributed by atoms with Crippen LogP contribution in [0.2, 0.25) is 0 Å². The van der Waals surface area contributed by atoms with Gasteiger partial charge in [0, 0.05) is 127 Å². The number of nitrogens with zero attached hydrogens (tertiary/aromatic N) is 4. The summed E-state index contributed by atoms with van der Waals surface area (Å²) in [5.74, 6) is -4.07. The van der Waals surface area contributed by atoms with Gasteiger partial charge in [-0.1, -0.05) is 53.0 Å². The molecule has 0 aromatic carbocycles. The van der Waals surface area contributed by atoms with Crippen LogP contribution in [0, 0.1) is 27.7 Å². The lowest BCUT2D eigenvalue weighted by Crippen LogP contribution is -2.29. The summed E-state index contributed by atoms with van der Waals surface area (Å²) in [7, 11) is 5.33. The number of methoxy groups -OCH3 is 4. The fourth-order valence-corrected chi connectivity index (χ4v) is 14.2. The van der Waals surface area contributed by atoms with Crippen molar-refractivity contribution in [3.05, 3.63) is 151 Å². The largest absolute Gasteiger partial charge is 0.469 e. The monoisotopic (exact) mass is 1300 g/mol. The van der Waals surface area contributed by atoms with Crippen LogP contribution >= 0.6 is 0 Å². The predicted molar refractivity (Wildman–Crippen MR) is 376 cm³/mol. The van der Waals surface area contributed by atoms with Gasteiger partial charge < -0.3 is 49.5 Å². The Bertz CT molecular complexity index is 4350. The number of allylic oxidation sites excluding steroid dienone is 2. The maximum absolute atomic E-state index is 15.1. The smallest absolute Gasteiger partial charge is 0.310 e. The fraction of sp³-hybridized carbons (Fsp3) is 0.395. The lowest BCUT2D eigenvalue weighted by molar-refractivity contribution is -0.141. The van der Waals surface area contributed by atoms with E-state index in [0.29, 0.717) is 95.0 Å². The molecule has 96 heavy (non-hydrogen) atoms. The zero-order valence-corrected chi connectivity index (χ0v) is 57.7. The summed E-state index contributed by atoms with van der Waals surface area (Å²) in [4.78, 5) is 119. The lowest BCUT2D eigenvalue weighted by Gasteiger charge is -2.18. The number of H-pyrrole nitrogens is 4. The van der Waals surface area contributed by atoms with Gasteiger partial charge in [-0.05, 0) is 161 Å². The number of fused-ring (bicyclic) bond motifs is 16. The molecule has 4 aliphatic heterocycles. The molecule has 16 bridgehead atoms. The lowest BCUT2D eigenvalue weighted by atomic mass is 9.84. The van der Waals surface area contributed by atoms with E-state index in [1.54, 1.807) is 0 Å². The zero-order valence-electron chi connectivity index (χ0n) is 57.7. The molecule has 0 saturated carbocycles. The van der Waals surface area contributed by atoms with E-state index in [1.165, 1.54) is 28.4 Å². The average molecular weight is 1300 g/mol. The normalized spacial score (nSPS) is 15.9. The summed E-state index contributed by atoms with van der Waals surface area (Å²) in [5, 5.41) is 6.31. The van der Waals surface area contributed by atoms with E-state index in [1.807, 2.05) is 78.0 Å². The second-order valence-corrected chi connectivity index (χ2v) is 25.3. The molecule has 10 heterocycles. The summed E-state index contributed by atoms with van der Waals surface area (Å²) >= 11 is 0. The number of carbonyl (C=O) groups excluding carboxylic acids is 6. The van der Waals surface area contributed by atoms with Crippen LogP contribution in [-0.4, -0.2) is 117 Å².